The van der Waals surface area contributed by atoms with Gasteiger partial charge in [-0.25, -0.2) is 23.9 Å². The summed E-state index contributed by atoms with van der Waals surface area (Å²) in [4.78, 5) is 4.02. The summed E-state index contributed by atoms with van der Waals surface area (Å²) in [6.07, 6.45) is 0. The van der Waals surface area contributed by atoms with Crippen molar-refractivity contribution in [3.05, 3.63) is 34.2 Å². The number of hydrogen-bond donors (Lipinski definition) is 5. The van der Waals surface area contributed by atoms with Gasteiger partial charge in [0.2, 0.25) is 5.82 Å². The number of amidine groups is 1. The topological polar surface area (TPSA) is 168 Å². The molecule has 0 saturated heterocycles. The first-order chi connectivity index (χ1) is 12.2. The minimum Gasteiger partial charge on any atom is -0.364 e. The number of nitrogens with one attached hydrogen (secondary N) is 3. The van der Waals surface area contributed by atoms with E-state index in [-0.39, 0.29) is 40.6 Å². The summed E-state index contributed by atoms with van der Waals surface area (Å²) in [5, 5.41) is 23.9. The van der Waals surface area contributed by atoms with Crippen LogP contribution in [0.15, 0.2) is 32.3 Å². The van der Waals surface area contributed by atoms with Gasteiger partial charge in [-0.05, 0) is 44.4 Å². The van der Waals surface area contributed by atoms with Crippen molar-refractivity contribution in [2.75, 3.05) is 18.4 Å². The van der Waals surface area contributed by atoms with Gasteiger partial charge in [0.25, 0.3) is 10.2 Å². The van der Waals surface area contributed by atoms with E-state index >= 15 is 0 Å². The fraction of sp³-hybridized carbons (Fsp3) is 0.182. The first-order valence-corrected chi connectivity index (χ1v) is 8.84. The Morgan fingerprint density at radius 1 is 1.52 bits per heavy atom. The second-order valence-electron chi connectivity index (χ2n) is 4.42. The third kappa shape index (κ3) is 5.71. The Morgan fingerprint density at radius 2 is 2.28 bits per heavy atom. The fourth-order valence-corrected chi connectivity index (χ4v) is 2.34. The number of nitrogens with two attached hydrogens (primary N) is 1. The number of aliphatic imine (C=N–C) groups is 1. The molecule has 14 heteroatoms. The van der Waals surface area contributed by atoms with Crippen LogP contribution in [0.5, 0.6) is 0 Å². The average molecular weight is 439 g/mol. The maximum Gasteiger partial charge on any atom is 0.274 e. The zero-order valence-corrected chi connectivity index (χ0v) is 14.7. The number of benzene rings is 1. The number of hydroxylamine groups is 1. The lowest BCUT2D eigenvalue weighted by Gasteiger charge is -2.06. The molecule has 0 fully saturated rings. The molecule has 0 radical (unpaired) electrons. The van der Waals surface area contributed by atoms with Crippen LogP contribution < -0.4 is 20.7 Å². The average Bonchev–Trinajstić information content (AvgIpc) is 3.01. The standard InChI is InChI=1S/C11H13BrFN7O4S/c12-7-5-6(1-2-8(7)13)17-11(18-21)9-10(20-24-19-9)15-3-4-16-25(14,22)23/h1-2,5,16,21H,3-4H2,(H,15,20)(H,17,18)(H2,14,22,23)/i2D. The van der Waals surface area contributed by atoms with E-state index in [1.165, 1.54) is 6.07 Å². The number of rotatable bonds is 7. The van der Waals surface area contributed by atoms with Gasteiger partial charge in [0.1, 0.15) is 5.82 Å². The summed E-state index contributed by atoms with van der Waals surface area (Å²) >= 11 is 2.96. The van der Waals surface area contributed by atoms with Crippen molar-refractivity contribution in [2.45, 2.75) is 0 Å². The van der Waals surface area contributed by atoms with Crippen LogP contribution in [0.3, 0.4) is 0 Å². The van der Waals surface area contributed by atoms with Crippen LogP contribution in [-0.4, -0.2) is 42.9 Å². The van der Waals surface area contributed by atoms with Crippen molar-refractivity contribution in [3.63, 3.8) is 0 Å². The van der Waals surface area contributed by atoms with Crippen LogP contribution in [-0.2, 0) is 10.2 Å². The van der Waals surface area contributed by atoms with Crippen LogP contribution >= 0.6 is 15.9 Å². The van der Waals surface area contributed by atoms with Gasteiger partial charge in [-0.15, -0.1) is 0 Å². The molecule has 0 aliphatic heterocycles. The van der Waals surface area contributed by atoms with Crippen LogP contribution in [0.1, 0.15) is 7.06 Å². The molecule has 1 aromatic carbocycles. The summed E-state index contributed by atoms with van der Waals surface area (Å²) in [5.41, 5.74) is 1.92. The molecule has 0 unspecified atom stereocenters. The summed E-state index contributed by atoms with van der Waals surface area (Å²) in [6, 6.07) is 2.02. The fourth-order valence-electron chi connectivity index (χ4n) is 1.60. The van der Waals surface area contributed by atoms with E-state index < -0.39 is 22.1 Å². The van der Waals surface area contributed by atoms with Crippen molar-refractivity contribution in [2.24, 2.45) is 10.1 Å². The van der Waals surface area contributed by atoms with Crippen molar-refractivity contribution >= 4 is 43.5 Å². The number of aromatic nitrogens is 2. The Kier molecular flexibility index (Phi) is 5.87. The lowest BCUT2D eigenvalue weighted by atomic mass is 10.3. The van der Waals surface area contributed by atoms with Crippen molar-refractivity contribution in [3.8, 4) is 0 Å². The molecular weight excluding hydrogens is 425 g/mol. The predicted octanol–water partition coefficient (Wildman–Crippen LogP) is 0.233. The molecule has 2 rings (SSSR count). The molecule has 0 amide bonds. The minimum absolute atomic E-state index is 0.0201. The van der Waals surface area contributed by atoms with E-state index in [2.05, 4.69) is 45.9 Å². The van der Waals surface area contributed by atoms with Crippen LogP contribution in [0.2, 0.25) is 0 Å². The number of nitrogens with zero attached hydrogens (tertiary/aromatic N) is 3. The smallest absolute Gasteiger partial charge is 0.274 e. The molecule has 11 nitrogen and oxygen atoms in total. The van der Waals surface area contributed by atoms with E-state index in [1.807, 2.05) is 5.48 Å². The monoisotopic (exact) mass is 438 g/mol. The Balaban J connectivity index is 2.19. The summed E-state index contributed by atoms with van der Waals surface area (Å²) in [5.74, 6) is -0.907. The lowest BCUT2D eigenvalue weighted by molar-refractivity contribution is 0.234. The van der Waals surface area contributed by atoms with Crippen LogP contribution in [0, 0.1) is 5.82 Å². The number of anilines is 1. The highest BCUT2D eigenvalue weighted by Gasteiger charge is 2.16. The second-order valence-corrected chi connectivity index (χ2v) is 6.65. The zero-order chi connectivity index (χ0) is 19.3. The largest absolute Gasteiger partial charge is 0.364 e. The van der Waals surface area contributed by atoms with Crippen molar-refractivity contribution in [1.82, 2.24) is 20.5 Å². The highest BCUT2D eigenvalue weighted by atomic mass is 79.9. The molecule has 136 valence electrons. The highest BCUT2D eigenvalue weighted by molar-refractivity contribution is 9.10. The Bertz CT molecular complexity index is 900. The lowest BCUT2D eigenvalue weighted by Crippen LogP contribution is -2.34. The van der Waals surface area contributed by atoms with E-state index in [4.69, 9.17) is 6.51 Å². The molecule has 25 heavy (non-hydrogen) atoms. The van der Waals surface area contributed by atoms with Crippen molar-refractivity contribution in [1.29, 1.82) is 0 Å². The molecule has 2 aromatic rings. The third-order valence-electron chi connectivity index (χ3n) is 2.61. The van der Waals surface area contributed by atoms with E-state index in [0.29, 0.717) is 0 Å². The van der Waals surface area contributed by atoms with Gasteiger partial charge in [-0.3, -0.25) is 10.7 Å². The first kappa shape index (κ1) is 17.7. The molecule has 0 aliphatic carbocycles. The molecular formula is C11H13BrFN7O4S. The maximum absolute atomic E-state index is 13.5. The number of hydrogen-bond acceptors (Lipinski definition) is 8. The Labute approximate surface area is 151 Å². The van der Waals surface area contributed by atoms with Crippen LogP contribution in [0.4, 0.5) is 15.9 Å². The Morgan fingerprint density at radius 3 is 2.92 bits per heavy atom. The van der Waals surface area contributed by atoms with Crippen LogP contribution in [0.25, 0.3) is 0 Å². The predicted molar refractivity (Wildman–Crippen MR) is 89.1 cm³/mol. The zero-order valence-electron chi connectivity index (χ0n) is 13.3. The van der Waals surface area contributed by atoms with Gasteiger partial charge in [0, 0.05) is 13.1 Å². The van der Waals surface area contributed by atoms with Gasteiger partial charge in [-0.2, -0.15) is 8.42 Å². The molecule has 6 N–H and O–H groups in total. The van der Waals surface area contributed by atoms with E-state index in [9.17, 15) is 18.0 Å². The summed E-state index contributed by atoms with van der Waals surface area (Å²) < 4.78 is 49.2. The van der Waals surface area contributed by atoms with E-state index in [0.717, 1.165) is 6.07 Å². The van der Waals surface area contributed by atoms with E-state index in [1.54, 1.807) is 0 Å². The van der Waals surface area contributed by atoms with Crippen molar-refractivity contribution < 1.29 is 24.0 Å². The van der Waals surface area contributed by atoms with Gasteiger partial charge < -0.3 is 5.32 Å². The quantitative estimate of drug-likeness (QED) is 0.177. The maximum atomic E-state index is 13.5. The highest BCUT2D eigenvalue weighted by Crippen LogP contribution is 2.23. The van der Waals surface area contributed by atoms with Gasteiger partial charge in [-0.1, -0.05) is 0 Å². The molecule has 1 heterocycles. The second kappa shape index (κ2) is 8.30. The summed E-state index contributed by atoms with van der Waals surface area (Å²) in [7, 11) is -3.83. The SMILES string of the molecule is [2H]c1cc(N=C(NO)c2nonc2NCCNS(N)(=O)=O)cc(Br)c1F. The molecule has 0 atom stereocenters. The first-order valence-electron chi connectivity index (χ1n) is 7.00. The normalized spacial score (nSPS) is 12.8. The van der Waals surface area contributed by atoms with Gasteiger partial charge >= 0.3 is 0 Å². The molecule has 0 bridgehead atoms. The summed E-state index contributed by atoms with van der Waals surface area (Å²) in [6.45, 7) is 0.0343. The Hall–Kier alpha value is -2.13. The minimum atomic E-state index is -3.83. The third-order valence-corrected chi connectivity index (χ3v) is 3.79. The number of halogens is 2. The van der Waals surface area contributed by atoms with Gasteiger partial charge in [0.15, 0.2) is 11.5 Å². The van der Waals surface area contributed by atoms with Gasteiger partial charge in [0.05, 0.1) is 11.5 Å². The molecule has 0 aliphatic rings. The molecule has 1 aromatic heterocycles. The molecule has 0 spiro atoms. The molecule has 0 saturated carbocycles.